The summed E-state index contributed by atoms with van der Waals surface area (Å²) in [6.45, 7) is 16.7. The van der Waals surface area contributed by atoms with E-state index in [1.54, 1.807) is 0 Å². The maximum absolute atomic E-state index is 9.60. The Morgan fingerprint density at radius 1 is 0.710 bits per heavy atom. The maximum atomic E-state index is 9.60. The van der Waals surface area contributed by atoms with Gasteiger partial charge in [0, 0.05) is 48.5 Å². The molecule has 180 valence electrons. The number of carbonyl (C=O) groups is 4. The number of aliphatic hydroxyl groups is 3. The summed E-state index contributed by atoms with van der Waals surface area (Å²) in [5, 5.41) is 56.3. The molecule has 0 aliphatic rings. The zero-order valence-corrected chi connectivity index (χ0v) is 18.1. The maximum Gasteiger partial charge on any atom is 0.330 e. The van der Waals surface area contributed by atoms with Gasteiger partial charge in [-0.15, -0.1) is 0 Å². The minimum atomic E-state index is -0.981. The molecular weight excluding hydrogens is 416 g/mol. The van der Waals surface area contributed by atoms with Crippen molar-refractivity contribution in [2.24, 2.45) is 5.92 Å². The third kappa shape index (κ3) is 52.0. The van der Waals surface area contributed by atoms with Crippen molar-refractivity contribution in [1.82, 2.24) is 0 Å². The smallest absolute Gasteiger partial charge is 0.330 e. The van der Waals surface area contributed by atoms with Crippen molar-refractivity contribution in [2.45, 2.75) is 27.2 Å². The van der Waals surface area contributed by atoms with Crippen LogP contribution in [0.15, 0.2) is 49.1 Å². The molecule has 0 bridgehead atoms. The summed E-state index contributed by atoms with van der Waals surface area (Å²) in [4.78, 5) is 38.0. The van der Waals surface area contributed by atoms with E-state index in [1.807, 2.05) is 0 Å². The summed E-state index contributed by atoms with van der Waals surface area (Å²) >= 11 is 0. The number of hydrogen-bond acceptors (Lipinski definition) is 7. The molecular formula is C20H34O11. The molecule has 0 aromatic rings. The molecule has 0 atom stereocenters. The van der Waals surface area contributed by atoms with Crippen molar-refractivity contribution in [3.63, 3.8) is 0 Å². The van der Waals surface area contributed by atoms with Crippen LogP contribution in [0.5, 0.6) is 0 Å². The van der Waals surface area contributed by atoms with Gasteiger partial charge in [-0.3, -0.25) is 0 Å². The van der Waals surface area contributed by atoms with Crippen molar-refractivity contribution in [2.75, 3.05) is 19.8 Å². The molecule has 31 heavy (non-hydrogen) atoms. The van der Waals surface area contributed by atoms with Crippen molar-refractivity contribution in [1.29, 1.82) is 0 Å². The lowest BCUT2D eigenvalue weighted by Crippen LogP contribution is -2.12. The van der Waals surface area contributed by atoms with Crippen molar-refractivity contribution in [3.8, 4) is 0 Å². The Morgan fingerprint density at radius 2 is 0.903 bits per heavy atom. The van der Waals surface area contributed by atoms with Crippen molar-refractivity contribution in [3.05, 3.63) is 49.1 Å². The first kappa shape index (κ1) is 38.3. The minimum Gasteiger partial charge on any atom is -0.478 e. The van der Waals surface area contributed by atoms with Crippen LogP contribution < -0.4 is 0 Å². The van der Waals surface area contributed by atoms with Crippen LogP contribution in [-0.2, 0) is 19.2 Å². The minimum absolute atomic E-state index is 0.0335. The Balaban J connectivity index is -0.0000000917. The average molecular weight is 450 g/mol. The Labute approximate surface area is 181 Å². The highest BCUT2D eigenvalue weighted by Gasteiger charge is 2.02. The molecule has 0 amide bonds. The van der Waals surface area contributed by atoms with E-state index < -0.39 is 23.9 Å². The summed E-state index contributed by atoms with van der Waals surface area (Å²) in [7, 11) is 0. The first-order chi connectivity index (χ1) is 14.0. The molecule has 0 saturated heterocycles. The molecule has 0 unspecified atom stereocenters. The molecule has 0 aromatic carbocycles. The molecule has 0 aromatic heterocycles. The quantitative estimate of drug-likeness (QED) is 0.261. The third-order valence-corrected chi connectivity index (χ3v) is 2.32. The highest BCUT2D eigenvalue weighted by molar-refractivity contribution is 5.85. The molecule has 0 radical (unpaired) electrons. The van der Waals surface area contributed by atoms with Gasteiger partial charge in [0.15, 0.2) is 0 Å². The van der Waals surface area contributed by atoms with E-state index in [9.17, 15) is 19.2 Å². The third-order valence-electron chi connectivity index (χ3n) is 2.32. The van der Waals surface area contributed by atoms with E-state index in [4.69, 9.17) is 35.7 Å². The van der Waals surface area contributed by atoms with Crippen molar-refractivity contribution < 1.29 is 54.9 Å². The summed E-state index contributed by atoms with van der Waals surface area (Å²) < 4.78 is 0. The number of aliphatic hydroxyl groups excluding tert-OH is 3. The molecule has 0 heterocycles. The van der Waals surface area contributed by atoms with Crippen LogP contribution in [0.2, 0.25) is 0 Å². The lowest BCUT2D eigenvalue weighted by atomic mass is 10.1. The normalized spacial score (nSPS) is 8.10. The Morgan fingerprint density at radius 3 is 0.935 bits per heavy atom. The number of rotatable bonds is 8. The topological polar surface area (TPSA) is 210 Å². The predicted molar refractivity (Wildman–Crippen MR) is 115 cm³/mol. The lowest BCUT2D eigenvalue weighted by molar-refractivity contribution is -0.133. The predicted octanol–water partition coefficient (Wildman–Crippen LogP) is 1.17. The highest BCUT2D eigenvalue weighted by atomic mass is 16.4. The largest absolute Gasteiger partial charge is 0.478 e. The first-order valence-corrected chi connectivity index (χ1v) is 8.39. The Bertz CT molecular complexity index is 495. The Hall–Kier alpha value is -3.28. The zero-order chi connectivity index (χ0) is 26.2. The van der Waals surface area contributed by atoms with E-state index in [0.29, 0.717) is 6.42 Å². The first-order valence-electron chi connectivity index (χ1n) is 8.39. The number of hydrogen-bond donors (Lipinski definition) is 7. The zero-order valence-electron chi connectivity index (χ0n) is 18.1. The number of carboxylic acids is 4. The van der Waals surface area contributed by atoms with Gasteiger partial charge in [-0.1, -0.05) is 26.3 Å². The molecule has 0 spiro atoms. The fourth-order valence-corrected chi connectivity index (χ4v) is 0.423. The standard InChI is InChI=1S/C5H12O3.3C4H6O2.C3H4O2/c6-2-1-5(3-7)4-8;3*1-3(2)4(5)6;1-2-3(4)5/h5-8H,1-4H2;3*1H2,2H3,(H,5,6);2H,1H2,(H,4,5). The van der Waals surface area contributed by atoms with Crippen LogP contribution in [-0.4, -0.2) is 79.4 Å². The van der Waals surface area contributed by atoms with E-state index in [-0.39, 0.29) is 42.5 Å². The van der Waals surface area contributed by atoms with E-state index in [2.05, 4.69) is 26.3 Å². The molecule has 0 fully saturated rings. The van der Waals surface area contributed by atoms with Crippen LogP contribution in [0.1, 0.15) is 27.2 Å². The second-order valence-corrected chi connectivity index (χ2v) is 5.54. The molecule has 11 nitrogen and oxygen atoms in total. The second kappa shape index (κ2) is 26.7. The molecule has 7 N–H and O–H groups in total. The monoisotopic (exact) mass is 450 g/mol. The summed E-state index contributed by atoms with van der Waals surface area (Å²) in [6.07, 6.45) is 1.31. The van der Waals surface area contributed by atoms with E-state index in [1.165, 1.54) is 20.8 Å². The van der Waals surface area contributed by atoms with Crippen LogP contribution in [0.25, 0.3) is 0 Å². The fraction of sp³-hybridized carbons (Fsp3) is 0.400. The van der Waals surface area contributed by atoms with Crippen LogP contribution in [0.4, 0.5) is 0 Å². The highest BCUT2D eigenvalue weighted by Crippen LogP contribution is 1.97. The van der Waals surface area contributed by atoms with Gasteiger partial charge in [0.05, 0.1) is 0 Å². The van der Waals surface area contributed by atoms with Gasteiger partial charge in [0.1, 0.15) is 0 Å². The van der Waals surface area contributed by atoms with Crippen LogP contribution in [0.3, 0.4) is 0 Å². The van der Waals surface area contributed by atoms with Gasteiger partial charge in [0.2, 0.25) is 0 Å². The van der Waals surface area contributed by atoms with Gasteiger partial charge in [-0.25, -0.2) is 19.2 Å². The second-order valence-electron chi connectivity index (χ2n) is 5.54. The van der Waals surface area contributed by atoms with Gasteiger partial charge >= 0.3 is 23.9 Å². The van der Waals surface area contributed by atoms with E-state index in [0.717, 1.165) is 6.08 Å². The van der Waals surface area contributed by atoms with Gasteiger partial charge in [-0.2, -0.15) is 0 Å². The molecule has 0 aliphatic carbocycles. The van der Waals surface area contributed by atoms with Crippen LogP contribution >= 0.6 is 0 Å². The van der Waals surface area contributed by atoms with Crippen LogP contribution in [0, 0.1) is 5.92 Å². The summed E-state index contributed by atoms with van der Waals surface area (Å²) in [5.74, 6) is -3.93. The molecule has 0 aliphatic heterocycles. The lowest BCUT2D eigenvalue weighted by Gasteiger charge is -2.06. The van der Waals surface area contributed by atoms with Crippen molar-refractivity contribution >= 4 is 23.9 Å². The SMILES string of the molecule is C=C(C)C(=O)O.C=C(C)C(=O)O.C=C(C)C(=O)O.C=CC(=O)O.OCCC(CO)CO. The number of aliphatic carboxylic acids is 4. The van der Waals surface area contributed by atoms with Gasteiger partial charge < -0.3 is 35.7 Å². The Kier molecular flexibility index (Phi) is 33.0. The molecule has 0 saturated carbocycles. The number of carboxylic acid groups (broad SMARTS) is 4. The van der Waals surface area contributed by atoms with Gasteiger partial charge in [0.25, 0.3) is 0 Å². The molecule has 11 heteroatoms. The average Bonchev–Trinajstić information content (AvgIpc) is 2.67. The molecule has 0 rings (SSSR count). The summed E-state index contributed by atoms with van der Waals surface area (Å²) in [5.41, 5.74) is 0.528. The van der Waals surface area contributed by atoms with Gasteiger partial charge in [-0.05, 0) is 27.2 Å². The fourth-order valence-electron chi connectivity index (χ4n) is 0.423. The summed E-state index contributed by atoms with van der Waals surface area (Å²) in [6, 6.07) is 0. The van der Waals surface area contributed by atoms with E-state index >= 15 is 0 Å².